The fourth-order valence-electron chi connectivity index (χ4n) is 1.90. The Labute approximate surface area is 114 Å². The Hall–Kier alpha value is -1.84. The molecule has 19 heavy (non-hydrogen) atoms. The monoisotopic (exact) mass is 262 g/mol. The van der Waals surface area contributed by atoms with E-state index in [1.54, 1.807) is 0 Å². The average Bonchev–Trinajstić information content (AvgIpc) is 2.38. The van der Waals surface area contributed by atoms with Gasteiger partial charge >= 0.3 is 0 Å². The fraction of sp³-hybridized carbons (Fsp3) is 0.467. The van der Waals surface area contributed by atoms with Gasteiger partial charge in [-0.2, -0.15) is 0 Å². The molecular formula is C15H22N2O2. The van der Waals surface area contributed by atoms with Crippen molar-refractivity contribution in [3.05, 3.63) is 35.9 Å². The lowest BCUT2D eigenvalue weighted by molar-refractivity contribution is -0.130. The van der Waals surface area contributed by atoms with Crippen LogP contribution in [0, 0.1) is 5.92 Å². The molecule has 0 fully saturated rings. The molecule has 2 N–H and O–H groups in total. The van der Waals surface area contributed by atoms with Gasteiger partial charge in [0.05, 0.1) is 5.92 Å². The maximum atomic E-state index is 12.0. The molecule has 0 aliphatic rings. The van der Waals surface area contributed by atoms with E-state index in [-0.39, 0.29) is 23.7 Å². The lowest BCUT2D eigenvalue weighted by Crippen LogP contribution is -2.44. The summed E-state index contributed by atoms with van der Waals surface area (Å²) in [6, 6.07) is 9.57. The van der Waals surface area contributed by atoms with Gasteiger partial charge in [0.25, 0.3) is 0 Å². The summed E-state index contributed by atoms with van der Waals surface area (Å²) in [4.78, 5) is 23.5. The van der Waals surface area contributed by atoms with E-state index in [0.29, 0.717) is 12.8 Å². The predicted molar refractivity (Wildman–Crippen MR) is 75.2 cm³/mol. The van der Waals surface area contributed by atoms with Crippen LogP contribution in [0.15, 0.2) is 30.3 Å². The zero-order valence-corrected chi connectivity index (χ0v) is 11.8. The smallest absolute Gasteiger partial charge is 0.245 e. The van der Waals surface area contributed by atoms with Gasteiger partial charge in [-0.05, 0) is 17.9 Å². The third kappa shape index (κ3) is 5.12. The molecule has 0 radical (unpaired) electrons. The first-order valence-electron chi connectivity index (χ1n) is 6.68. The van der Waals surface area contributed by atoms with Gasteiger partial charge in [-0.1, -0.05) is 51.1 Å². The second-order valence-corrected chi connectivity index (χ2v) is 5.01. The van der Waals surface area contributed by atoms with Crippen LogP contribution < -0.4 is 10.9 Å². The number of rotatable bonds is 5. The minimum atomic E-state index is -0.236. The highest BCUT2D eigenvalue weighted by Gasteiger charge is 2.18. The van der Waals surface area contributed by atoms with Crippen LogP contribution in [0.1, 0.15) is 45.1 Å². The van der Waals surface area contributed by atoms with Gasteiger partial charge in [0.2, 0.25) is 11.8 Å². The van der Waals surface area contributed by atoms with Crippen LogP contribution in [-0.2, 0) is 9.59 Å². The second kappa shape index (κ2) is 7.56. The molecule has 0 saturated heterocycles. The molecule has 1 aromatic rings. The third-order valence-corrected chi connectivity index (χ3v) is 2.85. The van der Waals surface area contributed by atoms with Crippen LogP contribution in [0.5, 0.6) is 0 Å². The zero-order chi connectivity index (χ0) is 14.3. The topological polar surface area (TPSA) is 58.2 Å². The summed E-state index contributed by atoms with van der Waals surface area (Å²) in [5.41, 5.74) is 5.92. The quantitative estimate of drug-likeness (QED) is 0.800. The lowest BCUT2D eigenvalue weighted by Gasteiger charge is -2.16. The molecule has 0 spiro atoms. The Morgan fingerprint density at radius 1 is 1.11 bits per heavy atom. The molecule has 2 amide bonds. The molecule has 104 valence electrons. The van der Waals surface area contributed by atoms with E-state index in [1.807, 2.05) is 51.1 Å². The van der Waals surface area contributed by atoms with E-state index in [4.69, 9.17) is 0 Å². The number of carbonyl (C=O) groups is 2. The van der Waals surface area contributed by atoms with Crippen molar-refractivity contribution in [2.45, 2.75) is 39.5 Å². The van der Waals surface area contributed by atoms with Crippen LogP contribution in [0.25, 0.3) is 0 Å². The van der Waals surface area contributed by atoms with E-state index < -0.39 is 0 Å². The van der Waals surface area contributed by atoms with Crippen LogP contribution in [0.4, 0.5) is 0 Å². The molecule has 0 heterocycles. The molecule has 4 heteroatoms. The van der Waals surface area contributed by atoms with E-state index in [1.165, 1.54) is 0 Å². The summed E-state index contributed by atoms with van der Waals surface area (Å²) >= 11 is 0. The zero-order valence-electron chi connectivity index (χ0n) is 11.8. The number of benzene rings is 1. The minimum Gasteiger partial charge on any atom is -0.273 e. The Kier molecular flexibility index (Phi) is 6.06. The normalized spacial score (nSPS) is 12.0. The van der Waals surface area contributed by atoms with E-state index >= 15 is 0 Å². The maximum absolute atomic E-state index is 12.0. The first-order chi connectivity index (χ1) is 9.04. The lowest BCUT2D eigenvalue weighted by atomic mass is 9.96. The van der Waals surface area contributed by atoms with Crippen molar-refractivity contribution in [1.29, 1.82) is 0 Å². The number of hydrogen-bond donors (Lipinski definition) is 2. The summed E-state index contributed by atoms with van der Waals surface area (Å²) in [5.74, 6) is -0.300. The van der Waals surface area contributed by atoms with Gasteiger partial charge in [-0.3, -0.25) is 20.4 Å². The SMILES string of the molecule is CCC(C(=O)NNC(=O)CC(C)C)c1ccccc1. The van der Waals surface area contributed by atoms with Crippen LogP contribution in [-0.4, -0.2) is 11.8 Å². The van der Waals surface area contributed by atoms with Crippen LogP contribution in [0.2, 0.25) is 0 Å². The first kappa shape index (κ1) is 15.2. The molecule has 4 nitrogen and oxygen atoms in total. The van der Waals surface area contributed by atoms with Gasteiger partial charge in [0.1, 0.15) is 0 Å². The first-order valence-corrected chi connectivity index (χ1v) is 6.68. The average molecular weight is 262 g/mol. The van der Waals surface area contributed by atoms with Gasteiger partial charge in [-0.25, -0.2) is 0 Å². The summed E-state index contributed by atoms with van der Waals surface area (Å²) in [6.07, 6.45) is 1.10. The molecule has 1 atom stereocenters. The third-order valence-electron chi connectivity index (χ3n) is 2.85. The molecule has 1 aromatic carbocycles. The number of carbonyl (C=O) groups excluding carboxylic acids is 2. The molecule has 0 aliphatic heterocycles. The highest BCUT2D eigenvalue weighted by molar-refractivity contribution is 5.86. The van der Waals surface area contributed by atoms with Crippen molar-refractivity contribution >= 4 is 11.8 Å². The number of amides is 2. The van der Waals surface area contributed by atoms with E-state index in [9.17, 15) is 9.59 Å². The number of hydrogen-bond acceptors (Lipinski definition) is 2. The maximum Gasteiger partial charge on any atom is 0.245 e. The summed E-state index contributed by atoms with van der Waals surface area (Å²) in [5, 5.41) is 0. The molecular weight excluding hydrogens is 240 g/mol. The van der Waals surface area contributed by atoms with Crippen LogP contribution in [0.3, 0.4) is 0 Å². The fourth-order valence-corrected chi connectivity index (χ4v) is 1.90. The van der Waals surface area contributed by atoms with Gasteiger partial charge in [0.15, 0.2) is 0 Å². The molecule has 1 rings (SSSR count). The highest BCUT2D eigenvalue weighted by Crippen LogP contribution is 2.18. The Balaban J connectivity index is 2.54. The largest absolute Gasteiger partial charge is 0.273 e. The van der Waals surface area contributed by atoms with Crippen molar-refractivity contribution in [3.63, 3.8) is 0 Å². The minimum absolute atomic E-state index is 0.161. The van der Waals surface area contributed by atoms with Gasteiger partial charge < -0.3 is 0 Å². The van der Waals surface area contributed by atoms with Crippen molar-refractivity contribution in [2.75, 3.05) is 0 Å². The standard InChI is InChI=1S/C15H22N2O2/c1-4-13(12-8-6-5-7-9-12)15(19)17-16-14(18)10-11(2)3/h5-9,11,13H,4,10H2,1-3H3,(H,16,18)(H,17,19). The molecule has 1 unspecified atom stereocenters. The van der Waals surface area contributed by atoms with Crippen molar-refractivity contribution < 1.29 is 9.59 Å². The van der Waals surface area contributed by atoms with Crippen molar-refractivity contribution in [3.8, 4) is 0 Å². The Bertz CT molecular complexity index is 415. The van der Waals surface area contributed by atoms with Gasteiger partial charge in [0, 0.05) is 6.42 Å². The van der Waals surface area contributed by atoms with Crippen LogP contribution >= 0.6 is 0 Å². The summed E-state index contributed by atoms with van der Waals surface area (Å²) < 4.78 is 0. The number of nitrogens with one attached hydrogen (secondary N) is 2. The molecule has 0 aliphatic carbocycles. The molecule has 0 aromatic heterocycles. The Morgan fingerprint density at radius 2 is 1.74 bits per heavy atom. The molecule has 0 saturated carbocycles. The van der Waals surface area contributed by atoms with E-state index in [0.717, 1.165) is 5.56 Å². The van der Waals surface area contributed by atoms with Gasteiger partial charge in [-0.15, -0.1) is 0 Å². The van der Waals surface area contributed by atoms with Crippen molar-refractivity contribution in [1.82, 2.24) is 10.9 Å². The highest BCUT2D eigenvalue weighted by atomic mass is 16.2. The Morgan fingerprint density at radius 3 is 2.26 bits per heavy atom. The second-order valence-electron chi connectivity index (χ2n) is 5.01. The van der Waals surface area contributed by atoms with Crippen molar-refractivity contribution in [2.24, 2.45) is 5.92 Å². The summed E-state index contributed by atoms with van der Waals surface area (Å²) in [6.45, 7) is 5.87. The predicted octanol–water partition coefficient (Wildman–Crippen LogP) is 2.37. The summed E-state index contributed by atoms with van der Waals surface area (Å²) in [7, 11) is 0. The number of hydrazine groups is 1. The molecule has 0 bridgehead atoms. The van der Waals surface area contributed by atoms with E-state index in [2.05, 4.69) is 10.9 Å².